The van der Waals surface area contributed by atoms with Gasteiger partial charge in [0.1, 0.15) is 5.82 Å². The van der Waals surface area contributed by atoms with E-state index in [1.54, 1.807) is 12.1 Å². The van der Waals surface area contributed by atoms with Crippen LogP contribution in [0.2, 0.25) is 0 Å². The summed E-state index contributed by atoms with van der Waals surface area (Å²) in [5.74, 6) is 2.26. The molecule has 1 N–H and O–H groups in total. The topological polar surface area (TPSA) is 12.0 Å². The van der Waals surface area contributed by atoms with Gasteiger partial charge in [-0.3, -0.25) is 0 Å². The first-order valence-electron chi connectivity index (χ1n) is 5.89. The fourth-order valence-corrected chi connectivity index (χ4v) is 5.22. The number of hydrogen-bond donors (Lipinski definition) is 1. The van der Waals surface area contributed by atoms with Crippen LogP contribution in [0.4, 0.5) is 4.39 Å². The van der Waals surface area contributed by atoms with E-state index < -0.39 is 0 Å². The normalized spacial score (nSPS) is 26.8. The predicted octanol–water partition coefficient (Wildman–Crippen LogP) is 3.32. The molecule has 4 heteroatoms. The van der Waals surface area contributed by atoms with E-state index in [1.807, 2.05) is 42.7 Å². The minimum absolute atomic E-state index is 0.101. The summed E-state index contributed by atoms with van der Waals surface area (Å²) in [6.45, 7) is 2.24. The quantitative estimate of drug-likeness (QED) is 0.905. The maximum atomic E-state index is 13.9. The smallest absolute Gasteiger partial charge is 0.128 e. The molecule has 1 aliphatic rings. The highest BCUT2D eigenvalue weighted by Crippen LogP contribution is 2.38. The van der Waals surface area contributed by atoms with Gasteiger partial charge in [-0.15, -0.1) is 0 Å². The highest BCUT2D eigenvalue weighted by Gasteiger charge is 2.31. The van der Waals surface area contributed by atoms with E-state index in [4.69, 9.17) is 0 Å². The maximum absolute atomic E-state index is 13.9. The standard InChI is InChI=1S/C13H18FNS2/c1-9-13(17-8-7-16-9)12(15-2)10-5-3-4-6-11(10)14/h3-6,9,12-13,15H,7-8H2,1-2H3. The monoisotopic (exact) mass is 271 g/mol. The molecule has 3 atom stereocenters. The van der Waals surface area contributed by atoms with Crippen molar-refractivity contribution in [3.8, 4) is 0 Å². The van der Waals surface area contributed by atoms with Crippen LogP contribution in [0.15, 0.2) is 24.3 Å². The summed E-state index contributed by atoms with van der Waals surface area (Å²) in [5.41, 5.74) is 0.793. The fraction of sp³-hybridized carbons (Fsp3) is 0.538. The lowest BCUT2D eigenvalue weighted by molar-refractivity contribution is 0.517. The van der Waals surface area contributed by atoms with Gasteiger partial charge >= 0.3 is 0 Å². The minimum atomic E-state index is -0.102. The summed E-state index contributed by atoms with van der Waals surface area (Å²) in [6, 6.07) is 7.20. The summed E-state index contributed by atoms with van der Waals surface area (Å²) in [5, 5.41) is 4.29. The van der Waals surface area contributed by atoms with Crippen LogP contribution in [0.3, 0.4) is 0 Å². The summed E-state index contributed by atoms with van der Waals surface area (Å²) < 4.78 is 13.9. The summed E-state index contributed by atoms with van der Waals surface area (Å²) in [6.07, 6.45) is 0. The van der Waals surface area contributed by atoms with Crippen LogP contribution in [0.1, 0.15) is 18.5 Å². The second-order valence-corrected chi connectivity index (χ2v) is 6.97. The Kier molecular flexibility index (Phi) is 4.77. The lowest BCUT2D eigenvalue weighted by Crippen LogP contribution is -2.36. The first-order valence-corrected chi connectivity index (χ1v) is 7.98. The molecule has 0 amide bonds. The van der Waals surface area contributed by atoms with Crippen LogP contribution in [0.25, 0.3) is 0 Å². The van der Waals surface area contributed by atoms with Crippen LogP contribution >= 0.6 is 23.5 Å². The largest absolute Gasteiger partial charge is 0.312 e. The lowest BCUT2D eigenvalue weighted by Gasteiger charge is -2.34. The van der Waals surface area contributed by atoms with Crippen molar-refractivity contribution in [3.05, 3.63) is 35.6 Å². The van der Waals surface area contributed by atoms with Gasteiger partial charge in [-0.2, -0.15) is 23.5 Å². The third-order valence-corrected chi connectivity index (χ3v) is 6.31. The molecule has 1 nitrogen and oxygen atoms in total. The van der Waals surface area contributed by atoms with Gasteiger partial charge in [-0.05, 0) is 13.1 Å². The van der Waals surface area contributed by atoms with Crippen molar-refractivity contribution in [1.29, 1.82) is 0 Å². The molecule has 0 bridgehead atoms. The number of rotatable bonds is 3. The number of thioether (sulfide) groups is 2. The van der Waals surface area contributed by atoms with Crippen LogP contribution in [0, 0.1) is 5.82 Å². The van der Waals surface area contributed by atoms with Gasteiger partial charge < -0.3 is 5.32 Å². The third-order valence-electron chi connectivity index (χ3n) is 3.12. The van der Waals surface area contributed by atoms with Gasteiger partial charge in [-0.1, -0.05) is 25.1 Å². The SMILES string of the molecule is CNC(c1ccccc1F)C1SCCSC1C. The van der Waals surface area contributed by atoms with Gasteiger partial charge in [0.15, 0.2) is 0 Å². The second-order valence-electron chi connectivity index (χ2n) is 4.20. The van der Waals surface area contributed by atoms with Crippen molar-refractivity contribution < 1.29 is 4.39 Å². The lowest BCUT2D eigenvalue weighted by atomic mass is 10.0. The molecule has 94 valence electrons. The van der Waals surface area contributed by atoms with Crippen molar-refractivity contribution >= 4 is 23.5 Å². The first kappa shape index (κ1) is 13.2. The average molecular weight is 271 g/mol. The van der Waals surface area contributed by atoms with E-state index >= 15 is 0 Å². The Balaban J connectivity index is 2.23. The van der Waals surface area contributed by atoms with Crippen molar-refractivity contribution in [1.82, 2.24) is 5.32 Å². The molecule has 0 aromatic heterocycles. The molecule has 1 aliphatic heterocycles. The number of benzene rings is 1. The molecule has 17 heavy (non-hydrogen) atoms. The van der Waals surface area contributed by atoms with Gasteiger partial charge in [0.25, 0.3) is 0 Å². The van der Waals surface area contributed by atoms with E-state index in [0.717, 1.165) is 11.3 Å². The zero-order valence-electron chi connectivity index (χ0n) is 10.2. The molecule has 1 aromatic carbocycles. The van der Waals surface area contributed by atoms with Gasteiger partial charge in [0, 0.05) is 33.6 Å². The molecular weight excluding hydrogens is 253 g/mol. The van der Waals surface area contributed by atoms with Crippen LogP contribution in [0.5, 0.6) is 0 Å². The number of halogens is 1. The number of hydrogen-bond acceptors (Lipinski definition) is 3. The molecular formula is C13H18FNS2. The molecule has 0 saturated carbocycles. The van der Waals surface area contributed by atoms with Crippen LogP contribution in [-0.2, 0) is 0 Å². The van der Waals surface area contributed by atoms with Gasteiger partial charge in [0.05, 0.1) is 0 Å². The molecule has 0 aliphatic carbocycles. The Labute approximate surface area is 111 Å². The maximum Gasteiger partial charge on any atom is 0.128 e. The molecule has 1 fully saturated rings. The molecule has 2 rings (SSSR count). The van der Waals surface area contributed by atoms with E-state index in [9.17, 15) is 4.39 Å². The van der Waals surface area contributed by atoms with E-state index in [-0.39, 0.29) is 11.9 Å². The molecule has 0 radical (unpaired) electrons. The minimum Gasteiger partial charge on any atom is -0.312 e. The van der Waals surface area contributed by atoms with Crippen molar-refractivity contribution in [2.24, 2.45) is 0 Å². The highest BCUT2D eigenvalue weighted by atomic mass is 32.2. The van der Waals surface area contributed by atoms with Crippen molar-refractivity contribution in [2.45, 2.75) is 23.5 Å². The molecule has 1 heterocycles. The highest BCUT2D eigenvalue weighted by molar-refractivity contribution is 8.07. The van der Waals surface area contributed by atoms with E-state index in [1.165, 1.54) is 5.75 Å². The zero-order valence-corrected chi connectivity index (χ0v) is 11.8. The van der Waals surface area contributed by atoms with Crippen LogP contribution in [-0.4, -0.2) is 29.1 Å². The van der Waals surface area contributed by atoms with Crippen LogP contribution < -0.4 is 5.32 Å². The molecule has 0 spiro atoms. The number of nitrogens with one attached hydrogen (secondary N) is 1. The summed E-state index contributed by atoms with van der Waals surface area (Å²) in [4.78, 5) is 0. The van der Waals surface area contributed by atoms with E-state index in [2.05, 4.69) is 12.2 Å². The Morgan fingerprint density at radius 1 is 1.29 bits per heavy atom. The fourth-order valence-electron chi connectivity index (χ4n) is 2.24. The third kappa shape index (κ3) is 2.98. The van der Waals surface area contributed by atoms with Gasteiger partial charge in [-0.25, -0.2) is 4.39 Å². The second kappa shape index (κ2) is 6.12. The molecule has 3 unspecified atom stereocenters. The summed E-state index contributed by atoms with van der Waals surface area (Å²) >= 11 is 3.94. The predicted molar refractivity (Wildman–Crippen MR) is 76.4 cm³/mol. The Hall–Kier alpha value is -0.190. The summed E-state index contributed by atoms with van der Waals surface area (Å²) in [7, 11) is 1.92. The molecule has 1 aromatic rings. The van der Waals surface area contributed by atoms with Crippen molar-refractivity contribution in [3.63, 3.8) is 0 Å². The first-order chi connectivity index (χ1) is 8.24. The molecule has 1 saturated heterocycles. The van der Waals surface area contributed by atoms with Crippen molar-refractivity contribution in [2.75, 3.05) is 18.6 Å². The Morgan fingerprint density at radius 3 is 2.65 bits per heavy atom. The zero-order chi connectivity index (χ0) is 12.3. The Bertz CT molecular complexity index is 372. The average Bonchev–Trinajstić information content (AvgIpc) is 2.34. The van der Waals surface area contributed by atoms with E-state index in [0.29, 0.717) is 10.5 Å². The van der Waals surface area contributed by atoms with Gasteiger partial charge in [0.2, 0.25) is 0 Å². The Morgan fingerprint density at radius 2 is 2.00 bits per heavy atom.